The Labute approximate surface area is 106 Å². The summed E-state index contributed by atoms with van der Waals surface area (Å²) in [6.45, 7) is 4.57. The Morgan fingerprint density at radius 2 is 2.39 bits per heavy atom. The van der Waals surface area contributed by atoms with Crippen LogP contribution in [-0.2, 0) is 6.42 Å². The van der Waals surface area contributed by atoms with Crippen LogP contribution in [0.25, 0.3) is 5.65 Å². The minimum atomic E-state index is 0.0550. The van der Waals surface area contributed by atoms with Crippen molar-refractivity contribution >= 4 is 5.65 Å². The van der Waals surface area contributed by atoms with Gasteiger partial charge >= 0.3 is 0 Å². The number of likely N-dealkylation sites (N-methyl/N-ethyl adjacent to an activating group) is 1. The highest BCUT2D eigenvalue weighted by molar-refractivity contribution is 5.39. The van der Waals surface area contributed by atoms with Crippen molar-refractivity contribution in [2.24, 2.45) is 0 Å². The van der Waals surface area contributed by atoms with Gasteiger partial charge in [-0.3, -0.25) is 4.79 Å². The van der Waals surface area contributed by atoms with Gasteiger partial charge in [-0.05, 0) is 25.9 Å². The van der Waals surface area contributed by atoms with Crippen LogP contribution in [0.4, 0.5) is 0 Å². The van der Waals surface area contributed by atoms with E-state index >= 15 is 0 Å². The minimum absolute atomic E-state index is 0.0550. The molecule has 1 fully saturated rings. The average molecular weight is 245 g/mol. The van der Waals surface area contributed by atoms with E-state index in [1.54, 1.807) is 12.1 Å². The lowest BCUT2D eigenvalue weighted by Crippen LogP contribution is -2.30. The van der Waals surface area contributed by atoms with E-state index in [9.17, 15) is 4.79 Å². The van der Waals surface area contributed by atoms with E-state index in [1.807, 2.05) is 10.6 Å². The van der Waals surface area contributed by atoms with E-state index in [2.05, 4.69) is 23.0 Å². The maximum absolute atomic E-state index is 11.3. The third-order valence-electron chi connectivity index (χ3n) is 3.90. The molecule has 2 aromatic rings. The minimum Gasteiger partial charge on any atom is -0.343 e. The first-order valence-corrected chi connectivity index (χ1v) is 6.70. The maximum Gasteiger partial charge on any atom is 0.183 e. The van der Waals surface area contributed by atoms with E-state index in [-0.39, 0.29) is 5.43 Å². The molecule has 0 aliphatic carbocycles. The van der Waals surface area contributed by atoms with Crippen LogP contribution < -0.4 is 5.43 Å². The molecule has 0 radical (unpaired) electrons. The van der Waals surface area contributed by atoms with Gasteiger partial charge in [-0.2, -0.15) is 0 Å². The monoisotopic (exact) mass is 245 g/mol. The summed E-state index contributed by atoms with van der Waals surface area (Å²) in [4.78, 5) is 17.2. The summed E-state index contributed by atoms with van der Waals surface area (Å²) < 4.78 is 1.99. The summed E-state index contributed by atoms with van der Waals surface area (Å²) in [7, 11) is 0. The molecule has 96 valence electrons. The van der Waals surface area contributed by atoms with Gasteiger partial charge < -0.3 is 14.3 Å². The summed E-state index contributed by atoms with van der Waals surface area (Å²) in [5.74, 6) is 0. The van der Waals surface area contributed by atoms with Gasteiger partial charge in [0, 0.05) is 42.7 Å². The van der Waals surface area contributed by atoms with Crippen LogP contribution in [0, 0.1) is 0 Å². The molecular formula is C14H19N3O. The molecule has 1 N–H and O–H groups in total. The van der Waals surface area contributed by atoms with Crippen LogP contribution in [0.1, 0.15) is 25.5 Å². The molecule has 0 amide bonds. The van der Waals surface area contributed by atoms with Crippen molar-refractivity contribution in [2.45, 2.75) is 32.2 Å². The van der Waals surface area contributed by atoms with Crippen molar-refractivity contribution in [3.05, 3.63) is 40.4 Å². The number of rotatable bonds is 3. The van der Waals surface area contributed by atoms with E-state index in [1.165, 1.54) is 25.1 Å². The van der Waals surface area contributed by atoms with Crippen LogP contribution in [0.15, 0.2) is 29.3 Å². The third-order valence-corrected chi connectivity index (χ3v) is 3.90. The number of aromatic amines is 1. The first-order valence-electron chi connectivity index (χ1n) is 6.70. The van der Waals surface area contributed by atoms with E-state index in [0.29, 0.717) is 6.04 Å². The van der Waals surface area contributed by atoms with Gasteiger partial charge in [0.2, 0.25) is 0 Å². The zero-order chi connectivity index (χ0) is 12.5. The fourth-order valence-electron chi connectivity index (χ4n) is 2.97. The molecule has 18 heavy (non-hydrogen) atoms. The van der Waals surface area contributed by atoms with Crippen LogP contribution >= 0.6 is 0 Å². The van der Waals surface area contributed by atoms with Crippen molar-refractivity contribution in [1.29, 1.82) is 0 Å². The number of H-pyrrole nitrogens is 1. The normalized spacial score (nSPS) is 20.8. The molecule has 1 aliphatic heterocycles. The second kappa shape index (κ2) is 4.61. The topological polar surface area (TPSA) is 40.5 Å². The Hall–Kier alpha value is -1.55. The second-order valence-corrected chi connectivity index (χ2v) is 5.06. The Morgan fingerprint density at radius 1 is 1.50 bits per heavy atom. The Balaban J connectivity index is 1.84. The molecule has 1 unspecified atom stereocenters. The van der Waals surface area contributed by atoms with Crippen LogP contribution in [0.5, 0.6) is 0 Å². The van der Waals surface area contributed by atoms with Crippen molar-refractivity contribution in [3.8, 4) is 0 Å². The summed E-state index contributed by atoms with van der Waals surface area (Å²) in [6, 6.07) is 3.89. The molecule has 4 heteroatoms. The lowest BCUT2D eigenvalue weighted by atomic mass is 10.1. The number of imidazole rings is 1. The van der Waals surface area contributed by atoms with Gasteiger partial charge in [-0.25, -0.2) is 0 Å². The Bertz CT molecular complexity index is 598. The molecule has 2 aromatic heterocycles. The van der Waals surface area contributed by atoms with Gasteiger partial charge in [0.05, 0.1) is 0 Å². The number of likely N-dealkylation sites (tertiary alicyclic amines) is 1. The number of nitrogens with zero attached hydrogens (tertiary/aromatic N) is 2. The molecule has 3 heterocycles. The summed E-state index contributed by atoms with van der Waals surface area (Å²) in [6.07, 6.45) is 7.55. The van der Waals surface area contributed by atoms with E-state index < -0.39 is 0 Å². The Kier molecular flexibility index (Phi) is 2.96. The quantitative estimate of drug-likeness (QED) is 0.893. The smallest absolute Gasteiger partial charge is 0.183 e. The van der Waals surface area contributed by atoms with Crippen molar-refractivity contribution < 1.29 is 0 Å². The Morgan fingerprint density at radius 3 is 3.22 bits per heavy atom. The van der Waals surface area contributed by atoms with Crippen molar-refractivity contribution in [3.63, 3.8) is 0 Å². The SMILES string of the molecule is CCN1CCCC1Cc1cn2ccc(=O)cc2[nH]1. The highest BCUT2D eigenvalue weighted by atomic mass is 16.1. The molecule has 1 saturated heterocycles. The standard InChI is InChI=1S/C14H19N3O/c1-2-16-6-3-4-12(16)8-11-10-17-7-5-13(18)9-14(17)15-11/h5,7,9-10,12,15H,2-4,6,8H2,1H3. The fraction of sp³-hybridized carbons (Fsp3) is 0.500. The van der Waals surface area contributed by atoms with Gasteiger partial charge in [0.15, 0.2) is 5.43 Å². The predicted octanol–water partition coefficient (Wildman–Crippen LogP) is 1.65. The number of pyridine rings is 1. The number of hydrogen-bond donors (Lipinski definition) is 1. The average Bonchev–Trinajstić information content (AvgIpc) is 2.94. The molecule has 3 rings (SSSR count). The van der Waals surface area contributed by atoms with Crippen LogP contribution in [0.2, 0.25) is 0 Å². The first kappa shape index (κ1) is 11.5. The lowest BCUT2D eigenvalue weighted by molar-refractivity contribution is 0.265. The van der Waals surface area contributed by atoms with E-state index in [4.69, 9.17) is 0 Å². The zero-order valence-electron chi connectivity index (χ0n) is 10.7. The zero-order valence-corrected chi connectivity index (χ0v) is 10.7. The number of nitrogens with one attached hydrogen (secondary N) is 1. The van der Waals surface area contributed by atoms with Gasteiger partial charge in [0.1, 0.15) is 5.65 Å². The van der Waals surface area contributed by atoms with Gasteiger partial charge in [-0.1, -0.05) is 6.92 Å². The molecule has 4 nitrogen and oxygen atoms in total. The largest absolute Gasteiger partial charge is 0.343 e. The fourth-order valence-corrected chi connectivity index (χ4v) is 2.97. The summed E-state index contributed by atoms with van der Waals surface area (Å²) >= 11 is 0. The number of fused-ring (bicyclic) bond motifs is 1. The molecule has 1 atom stereocenters. The molecule has 1 aliphatic rings. The van der Waals surface area contributed by atoms with Gasteiger partial charge in [-0.15, -0.1) is 0 Å². The van der Waals surface area contributed by atoms with Crippen LogP contribution in [-0.4, -0.2) is 33.4 Å². The molecule has 0 bridgehead atoms. The number of hydrogen-bond acceptors (Lipinski definition) is 2. The summed E-state index contributed by atoms with van der Waals surface area (Å²) in [5.41, 5.74) is 2.16. The maximum atomic E-state index is 11.3. The molecule has 0 saturated carbocycles. The highest BCUT2D eigenvalue weighted by Gasteiger charge is 2.23. The van der Waals surface area contributed by atoms with Crippen molar-refractivity contribution in [1.82, 2.24) is 14.3 Å². The summed E-state index contributed by atoms with van der Waals surface area (Å²) in [5, 5.41) is 0. The van der Waals surface area contributed by atoms with Crippen LogP contribution in [0.3, 0.4) is 0 Å². The predicted molar refractivity (Wildman–Crippen MR) is 72.0 cm³/mol. The first-order chi connectivity index (χ1) is 8.76. The molecular weight excluding hydrogens is 226 g/mol. The molecule has 0 spiro atoms. The van der Waals surface area contributed by atoms with Crippen molar-refractivity contribution in [2.75, 3.05) is 13.1 Å². The number of aromatic nitrogens is 2. The highest BCUT2D eigenvalue weighted by Crippen LogP contribution is 2.20. The van der Waals surface area contributed by atoms with E-state index in [0.717, 1.165) is 18.6 Å². The third kappa shape index (κ3) is 2.08. The lowest BCUT2D eigenvalue weighted by Gasteiger charge is -2.21. The van der Waals surface area contributed by atoms with Gasteiger partial charge in [0.25, 0.3) is 0 Å². The molecule has 0 aromatic carbocycles. The second-order valence-electron chi connectivity index (χ2n) is 5.06.